The molecular formula is C13H16NO4. The lowest BCUT2D eigenvalue weighted by Crippen LogP contribution is -2.37. The van der Waals surface area contributed by atoms with Crippen LogP contribution in [0.15, 0.2) is 24.3 Å². The van der Waals surface area contributed by atoms with Crippen molar-refractivity contribution in [3.63, 3.8) is 0 Å². The Morgan fingerprint density at radius 2 is 1.89 bits per heavy atom. The summed E-state index contributed by atoms with van der Waals surface area (Å²) in [6.45, 7) is 5.42. The van der Waals surface area contributed by atoms with Gasteiger partial charge in [0.25, 0.3) is 0 Å². The van der Waals surface area contributed by atoms with Crippen molar-refractivity contribution in [3.05, 3.63) is 42.3 Å². The van der Waals surface area contributed by atoms with Gasteiger partial charge in [-0.1, -0.05) is 12.1 Å². The molecule has 5 heteroatoms. The molecule has 1 aromatic carbocycles. The van der Waals surface area contributed by atoms with E-state index in [-0.39, 0.29) is 13.2 Å². The van der Waals surface area contributed by atoms with Gasteiger partial charge in [-0.3, -0.25) is 4.79 Å². The van der Waals surface area contributed by atoms with Gasteiger partial charge in [-0.05, 0) is 31.5 Å². The van der Waals surface area contributed by atoms with Crippen LogP contribution in [0, 0.1) is 6.92 Å². The standard InChI is InChI=1S/C13H16NO4/c1-3-17-13(16)11(14)8-18-12(15)10-6-4-9(2)5-7-10/h4-7,11H,2-3,8,14H2,1H3. The van der Waals surface area contributed by atoms with Gasteiger partial charge in [0.2, 0.25) is 0 Å². The van der Waals surface area contributed by atoms with E-state index < -0.39 is 18.0 Å². The molecule has 0 saturated heterocycles. The number of carbonyl (C=O) groups is 2. The number of benzene rings is 1. The molecule has 5 nitrogen and oxygen atoms in total. The molecule has 0 fully saturated rings. The van der Waals surface area contributed by atoms with Crippen molar-refractivity contribution >= 4 is 11.9 Å². The Morgan fingerprint density at radius 1 is 1.28 bits per heavy atom. The zero-order valence-corrected chi connectivity index (χ0v) is 10.2. The fraction of sp³-hybridized carbons (Fsp3) is 0.308. The molecule has 0 aromatic heterocycles. The minimum atomic E-state index is -0.957. The Balaban J connectivity index is 2.46. The Labute approximate surface area is 106 Å². The summed E-state index contributed by atoms with van der Waals surface area (Å²) in [5.41, 5.74) is 6.68. The third-order valence-corrected chi connectivity index (χ3v) is 2.17. The highest BCUT2D eigenvalue weighted by molar-refractivity contribution is 5.89. The van der Waals surface area contributed by atoms with Gasteiger partial charge in [-0.2, -0.15) is 0 Å². The van der Waals surface area contributed by atoms with E-state index in [1.54, 1.807) is 31.2 Å². The Kier molecular flexibility index (Phi) is 5.32. The van der Waals surface area contributed by atoms with Crippen molar-refractivity contribution in [2.75, 3.05) is 13.2 Å². The maximum absolute atomic E-state index is 11.6. The summed E-state index contributed by atoms with van der Waals surface area (Å²) in [4.78, 5) is 22.8. The molecule has 0 bridgehead atoms. The molecule has 0 amide bonds. The smallest absolute Gasteiger partial charge is 0.338 e. The normalized spacial score (nSPS) is 11.7. The van der Waals surface area contributed by atoms with Crippen molar-refractivity contribution in [1.82, 2.24) is 0 Å². The summed E-state index contributed by atoms with van der Waals surface area (Å²) < 4.78 is 9.61. The third kappa shape index (κ3) is 4.18. The molecule has 97 valence electrons. The highest BCUT2D eigenvalue weighted by atomic mass is 16.5. The number of nitrogens with two attached hydrogens (primary N) is 1. The van der Waals surface area contributed by atoms with Crippen LogP contribution in [-0.4, -0.2) is 31.2 Å². The number of carbonyl (C=O) groups excluding carboxylic acids is 2. The maximum atomic E-state index is 11.6. The molecule has 0 aliphatic heterocycles. The van der Waals surface area contributed by atoms with Crippen LogP contribution in [0.4, 0.5) is 0 Å². The zero-order valence-electron chi connectivity index (χ0n) is 10.2. The van der Waals surface area contributed by atoms with Gasteiger partial charge in [0.05, 0.1) is 12.2 Å². The first-order valence-corrected chi connectivity index (χ1v) is 5.56. The molecule has 18 heavy (non-hydrogen) atoms. The van der Waals surface area contributed by atoms with E-state index in [1.165, 1.54) is 0 Å². The Morgan fingerprint density at radius 3 is 2.44 bits per heavy atom. The van der Waals surface area contributed by atoms with E-state index in [0.717, 1.165) is 5.56 Å². The monoisotopic (exact) mass is 250 g/mol. The van der Waals surface area contributed by atoms with Crippen molar-refractivity contribution < 1.29 is 19.1 Å². The Hall–Kier alpha value is -1.88. The van der Waals surface area contributed by atoms with Crippen molar-refractivity contribution in [3.8, 4) is 0 Å². The van der Waals surface area contributed by atoms with E-state index in [9.17, 15) is 9.59 Å². The Bertz CT molecular complexity index is 414. The summed E-state index contributed by atoms with van der Waals surface area (Å²) in [6.07, 6.45) is 0. The topological polar surface area (TPSA) is 78.6 Å². The SMILES string of the molecule is [CH2]c1ccc(C(=O)OCC(N)C(=O)OCC)cc1. The summed E-state index contributed by atoms with van der Waals surface area (Å²) in [6, 6.07) is 5.63. The lowest BCUT2D eigenvalue weighted by molar-refractivity contribution is -0.145. The van der Waals surface area contributed by atoms with Crippen LogP contribution in [0.25, 0.3) is 0 Å². The molecule has 0 aliphatic rings. The minimum Gasteiger partial charge on any atom is -0.465 e. The van der Waals surface area contributed by atoms with E-state index in [1.807, 2.05) is 0 Å². The van der Waals surface area contributed by atoms with Gasteiger partial charge >= 0.3 is 11.9 Å². The number of esters is 2. The van der Waals surface area contributed by atoms with Crippen molar-refractivity contribution in [2.24, 2.45) is 5.73 Å². The van der Waals surface area contributed by atoms with Crippen molar-refractivity contribution in [1.29, 1.82) is 0 Å². The first kappa shape index (κ1) is 14.2. The summed E-state index contributed by atoms with van der Waals surface area (Å²) in [7, 11) is 0. The van der Waals surface area contributed by atoms with Crippen LogP contribution in [0.3, 0.4) is 0 Å². The second-order valence-corrected chi connectivity index (χ2v) is 3.65. The second-order valence-electron chi connectivity index (χ2n) is 3.65. The number of hydrogen-bond donors (Lipinski definition) is 1. The van der Waals surface area contributed by atoms with Gasteiger partial charge in [0, 0.05) is 0 Å². The van der Waals surface area contributed by atoms with Crippen LogP contribution in [-0.2, 0) is 14.3 Å². The van der Waals surface area contributed by atoms with Gasteiger partial charge in [-0.15, -0.1) is 0 Å². The average Bonchev–Trinajstić information content (AvgIpc) is 2.36. The molecular weight excluding hydrogens is 234 g/mol. The van der Waals surface area contributed by atoms with Gasteiger partial charge in [0.1, 0.15) is 12.6 Å². The number of hydrogen-bond acceptors (Lipinski definition) is 5. The van der Waals surface area contributed by atoms with Crippen LogP contribution in [0.1, 0.15) is 22.8 Å². The molecule has 0 aliphatic carbocycles. The zero-order chi connectivity index (χ0) is 13.5. The van der Waals surface area contributed by atoms with Gasteiger partial charge in [-0.25, -0.2) is 4.79 Å². The molecule has 1 atom stereocenters. The molecule has 1 unspecified atom stereocenters. The molecule has 2 N–H and O–H groups in total. The molecule has 1 aromatic rings. The van der Waals surface area contributed by atoms with Crippen LogP contribution >= 0.6 is 0 Å². The molecule has 0 heterocycles. The second kappa shape index (κ2) is 6.76. The van der Waals surface area contributed by atoms with Gasteiger partial charge in [0.15, 0.2) is 0 Å². The molecule has 1 rings (SSSR count). The number of ether oxygens (including phenoxy) is 2. The average molecular weight is 250 g/mol. The predicted octanol–water partition coefficient (Wildman–Crippen LogP) is 0.916. The van der Waals surface area contributed by atoms with E-state index in [4.69, 9.17) is 15.2 Å². The van der Waals surface area contributed by atoms with Crippen LogP contribution < -0.4 is 5.73 Å². The summed E-state index contributed by atoms with van der Waals surface area (Å²) in [5, 5.41) is 0. The number of rotatable bonds is 5. The van der Waals surface area contributed by atoms with E-state index >= 15 is 0 Å². The van der Waals surface area contributed by atoms with Gasteiger partial charge < -0.3 is 15.2 Å². The largest absolute Gasteiger partial charge is 0.465 e. The summed E-state index contributed by atoms with van der Waals surface area (Å²) >= 11 is 0. The molecule has 0 saturated carbocycles. The first-order chi connectivity index (χ1) is 8.54. The van der Waals surface area contributed by atoms with E-state index in [2.05, 4.69) is 6.92 Å². The van der Waals surface area contributed by atoms with E-state index in [0.29, 0.717) is 5.56 Å². The predicted molar refractivity (Wildman–Crippen MR) is 65.8 cm³/mol. The lowest BCUT2D eigenvalue weighted by Gasteiger charge is -2.11. The third-order valence-electron chi connectivity index (χ3n) is 2.17. The van der Waals surface area contributed by atoms with Crippen LogP contribution in [0.5, 0.6) is 0 Å². The highest BCUT2D eigenvalue weighted by Crippen LogP contribution is 2.05. The fourth-order valence-electron chi connectivity index (χ4n) is 1.21. The summed E-state index contributed by atoms with van der Waals surface area (Å²) in [5.74, 6) is -1.12. The molecule has 1 radical (unpaired) electrons. The quantitative estimate of drug-likeness (QED) is 0.786. The maximum Gasteiger partial charge on any atom is 0.338 e. The lowest BCUT2D eigenvalue weighted by atomic mass is 10.1. The van der Waals surface area contributed by atoms with Crippen molar-refractivity contribution in [2.45, 2.75) is 13.0 Å². The first-order valence-electron chi connectivity index (χ1n) is 5.56. The van der Waals surface area contributed by atoms with Crippen LogP contribution in [0.2, 0.25) is 0 Å². The fourth-order valence-corrected chi connectivity index (χ4v) is 1.21. The minimum absolute atomic E-state index is 0.205. The molecule has 0 spiro atoms. The highest BCUT2D eigenvalue weighted by Gasteiger charge is 2.17.